The molecule has 0 rings (SSSR count). The molecule has 18 heavy (non-hydrogen) atoms. The van der Waals surface area contributed by atoms with Gasteiger partial charge in [0.1, 0.15) is 25.9 Å². The number of nitrogens with zero attached hydrogens (tertiary/aromatic N) is 2. The predicted octanol–water partition coefficient (Wildman–Crippen LogP) is -1.93. The molecule has 0 aliphatic rings. The van der Waals surface area contributed by atoms with E-state index in [1.807, 2.05) is 0 Å². The average molecular weight is 272 g/mol. The van der Waals surface area contributed by atoms with Crippen LogP contribution < -0.4 is 0 Å². The van der Waals surface area contributed by atoms with E-state index in [0.717, 1.165) is 0 Å². The molecule has 2 atom stereocenters. The van der Waals surface area contributed by atoms with Crippen LogP contribution in [0.3, 0.4) is 0 Å². The highest BCUT2D eigenvalue weighted by Gasteiger charge is 2.17. The van der Waals surface area contributed by atoms with Gasteiger partial charge in [-0.2, -0.15) is 0 Å². The van der Waals surface area contributed by atoms with Gasteiger partial charge in [0, 0.05) is 0 Å². The minimum atomic E-state index is -1.36. The van der Waals surface area contributed by atoms with Crippen LogP contribution >= 0.6 is 0 Å². The average Bonchev–Trinajstić information content (AvgIpc) is 2.30. The second-order valence-corrected chi connectivity index (χ2v) is 2.88. The summed E-state index contributed by atoms with van der Waals surface area (Å²) in [6.45, 7) is -2.19. The van der Waals surface area contributed by atoms with Crippen LogP contribution in [0.15, 0.2) is 0 Å². The van der Waals surface area contributed by atoms with E-state index in [0.29, 0.717) is 0 Å². The molecule has 0 heterocycles. The highest BCUT2D eigenvalue weighted by atomic mass is 17.2. The monoisotopic (exact) mass is 272 g/mol. The number of aliphatic hydroxyl groups is 2. The van der Waals surface area contributed by atoms with Gasteiger partial charge in [0.2, 0.25) is 0 Å². The molecule has 0 aliphatic carbocycles. The summed E-state index contributed by atoms with van der Waals surface area (Å²) < 4.78 is 0. The SMILES string of the molecule is O=[N+]([O-])OCC(COOCC(O)CO)O[N+](=O)[O-]. The molecule has 0 aromatic heterocycles. The van der Waals surface area contributed by atoms with Crippen molar-refractivity contribution in [1.82, 2.24) is 0 Å². The van der Waals surface area contributed by atoms with Crippen LogP contribution in [0.5, 0.6) is 0 Å². The first-order valence-electron chi connectivity index (χ1n) is 4.57. The van der Waals surface area contributed by atoms with Crippen LogP contribution in [-0.4, -0.2) is 59.0 Å². The molecule has 12 heteroatoms. The van der Waals surface area contributed by atoms with Crippen LogP contribution in [0.1, 0.15) is 0 Å². The fourth-order valence-electron chi connectivity index (χ4n) is 0.678. The van der Waals surface area contributed by atoms with Crippen molar-refractivity contribution in [3.05, 3.63) is 20.2 Å². The topological polar surface area (TPSA) is 164 Å². The number of hydrogen-bond donors (Lipinski definition) is 2. The van der Waals surface area contributed by atoms with Crippen molar-refractivity contribution in [2.75, 3.05) is 26.4 Å². The number of rotatable bonds is 11. The maximum Gasteiger partial charge on any atom is 0.294 e. The third kappa shape index (κ3) is 9.46. The molecule has 0 spiro atoms. The van der Waals surface area contributed by atoms with Crippen molar-refractivity contribution in [3.63, 3.8) is 0 Å². The van der Waals surface area contributed by atoms with Gasteiger partial charge in [0.25, 0.3) is 10.2 Å². The first kappa shape index (κ1) is 16.2. The Hall–Kier alpha value is -1.76. The zero-order valence-electron chi connectivity index (χ0n) is 9.04. The summed E-state index contributed by atoms with van der Waals surface area (Å²) in [5.41, 5.74) is 0. The second-order valence-electron chi connectivity index (χ2n) is 2.88. The van der Waals surface area contributed by atoms with Crippen molar-refractivity contribution in [2.24, 2.45) is 0 Å². The third-order valence-electron chi connectivity index (χ3n) is 1.41. The van der Waals surface area contributed by atoms with Gasteiger partial charge in [-0.3, -0.25) is 0 Å². The molecule has 0 aromatic carbocycles. The summed E-state index contributed by atoms with van der Waals surface area (Å²) in [6.07, 6.45) is -2.54. The van der Waals surface area contributed by atoms with Gasteiger partial charge in [-0.25, -0.2) is 9.78 Å². The van der Waals surface area contributed by atoms with Gasteiger partial charge in [-0.15, -0.1) is 20.2 Å². The fraction of sp³-hybridized carbons (Fsp3) is 1.00. The van der Waals surface area contributed by atoms with E-state index in [1.54, 1.807) is 0 Å². The van der Waals surface area contributed by atoms with E-state index in [-0.39, 0.29) is 6.61 Å². The highest BCUT2D eigenvalue weighted by molar-refractivity contribution is 4.50. The quantitative estimate of drug-likeness (QED) is 0.187. The van der Waals surface area contributed by atoms with Crippen LogP contribution in [0, 0.1) is 20.2 Å². The lowest BCUT2D eigenvalue weighted by atomic mass is 10.4. The van der Waals surface area contributed by atoms with E-state index in [2.05, 4.69) is 19.5 Å². The molecule has 12 nitrogen and oxygen atoms in total. The predicted molar refractivity (Wildman–Crippen MR) is 49.8 cm³/mol. The molecule has 106 valence electrons. The van der Waals surface area contributed by atoms with Gasteiger partial charge < -0.3 is 19.9 Å². The Kier molecular flexibility index (Phi) is 8.38. The Labute approximate surface area is 99.7 Å². The van der Waals surface area contributed by atoms with Crippen LogP contribution in [-0.2, 0) is 19.5 Å². The molecular formula is C6H12N2O10. The van der Waals surface area contributed by atoms with Crippen LogP contribution in [0.4, 0.5) is 0 Å². The molecule has 2 unspecified atom stereocenters. The van der Waals surface area contributed by atoms with E-state index >= 15 is 0 Å². The second kappa shape index (κ2) is 9.29. The standard InChI is InChI=1S/C6H12N2O10/c9-1-5(10)2-16-17-4-6(18-8(13)14)3-15-7(11)12/h5-6,9-10H,1-4H2. The van der Waals surface area contributed by atoms with Gasteiger partial charge in [0.15, 0.2) is 6.10 Å². The Bertz CT molecular complexity index is 261. The highest BCUT2D eigenvalue weighted by Crippen LogP contribution is 1.97. The molecule has 0 saturated carbocycles. The summed E-state index contributed by atoms with van der Waals surface area (Å²) in [6, 6.07) is 0. The fourth-order valence-corrected chi connectivity index (χ4v) is 0.678. The molecule has 2 N–H and O–H groups in total. The van der Waals surface area contributed by atoms with Crippen molar-refractivity contribution < 1.29 is 39.8 Å². The maximum atomic E-state index is 10.0. The van der Waals surface area contributed by atoms with Crippen molar-refractivity contribution >= 4 is 0 Å². The Morgan fingerprint density at radius 1 is 1.06 bits per heavy atom. The molecule has 0 amide bonds. The summed E-state index contributed by atoms with van der Waals surface area (Å²) in [5, 5.41) is 34.8. The van der Waals surface area contributed by atoms with Gasteiger partial charge in [-0.1, -0.05) is 0 Å². The summed E-state index contributed by atoms with van der Waals surface area (Å²) >= 11 is 0. The van der Waals surface area contributed by atoms with Crippen molar-refractivity contribution in [1.29, 1.82) is 0 Å². The lowest BCUT2D eigenvalue weighted by Crippen LogP contribution is -2.30. The van der Waals surface area contributed by atoms with Crippen LogP contribution in [0.2, 0.25) is 0 Å². The number of hydrogen-bond acceptors (Lipinski definition) is 10. The van der Waals surface area contributed by atoms with E-state index in [1.165, 1.54) is 0 Å². The zero-order chi connectivity index (χ0) is 14.0. The molecule has 0 aliphatic heterocycles. The zero-order valence-corrected chi connectivity index (χ0v) is 9.04. The largest absolute Gasteiger partial charge is 0.394 e. The van der Waals surface area contributed by atoms with Crippen molar-refractivity contribution in [3.8, 4) is 0 Å². The van der Waals surface area contributed by atoms with Gasteiger partial charge >= 0.3 is 0 Å². The van der Waals surface area contributed by atoms with E-state index in [4.69, 9.17) is 10.2 Å². The molecule has 0 aromatic rings. The summed E-state index contributed by atoms with van der Waals surface area (Å²) in [5.74, 6) is 0. The minimum Gasteiger partial charge on any atom is -0.394 e. The molecule has 0 fully saturated rings. The third-order valence-corrected chi connectivity index (χ3v) is 1.41. The summed E-state index contributed by atoms with van der Waals surface area (Å²) in [4.78, 5) is 36.6. The molecule has 0 bridgehead atoms. The van der Waals surface area contributed by atoms with Gasteiger partial charge in [-0.05, 0) is 0 Å². The van der Waals surface area contributed by atoms with Crippen molar-refractivity contribution in [2.45, 2.75) is 12.2 Å². The van der Waals surface area contributed by atoms with Gasteiger partial charge in [0.05, 0.1) is 6.61 Å². The molecule has 0 saturated heterocycles. The molecule has 0 radical (unpaired) electrons. The molecular weight excluding hydrogens is 260 g/mol. The first-order chi connectivity index (χ1) is 8.45. The lowest BCUT2D eigenvalue weighted by molar-refractivity contribution is -0.791. The Balaban J connectivity index is 3.85. The Morgan fingerprint density at radius 2 is 1.67 bits per heavy atom. The maximum absolute atomic E-state index is 10.0. The van der Waals surface area contributed by atoms with Crippen LogP contribution in [0.25, 0.3) is 0 Å². The smallest absolute Gasteiger partial charge is 0.294 e. The minimum absolute atomic E-state index is 0.377. The van der Waals surface area contributed by atoms with E-state index in [9.17, 15) is 20.2 Å². The van der Waals surface area contributed by atoms with E-state index < -0.39 is 42.2 Å². The Morgan fingerprint density at radius 3 is 2.17 bits per heavy atom. The summed E-state index contributed by atoms with van der Waals surface area (Å²) in [7, 11) is 0. The first-order valence-corrected chi connectivity index (χ1v) is 4.57. The normalized spacial score (nSPS) is 13.7. The number of aliphatic hydroxyl groups excluding tert-OH is 2. The lowest BCUT2D eigenvalue weighted by Gasteiger charge is -2.13.